The number of benzene rings is 1. The average Bonchev–Trinajstić information content (AvgIpc) is 2.65. The molecule has 1 aromatic carbocycles. The fourth-order valence-electron chi connectivity index (χ4n) is 1.91. The molecule has 0 aliphatic carbocycles. The van der Waals surface area contributed by atoms with E-state index in [1.165, 1.54) is 10.6 Å². The Bertz CT molecular complexity index is 768. The first-order valence-electron chi connectivity index (χ1n) is 5.60. The molecule has 0 amide bonds. The summed E-state index contributed by atoms with van der Waals surface area (Å²) in [7, 11) is -4.13. The highest BCUT2D eigenvalue weighted by atomic mass is 32.2. The van der Waals surface area contributed by atoms with Gasteiger partial charge in [0.05, 0.1) is 6.61 Å². The topological polar surface area (TPSA) is 74.3 Å². The Morgan fingerprint density at radius 3 is 2.52 bits per heavy atom. The molecule has 2 N–H and O–H groups in total. The zero-order valence-corrected chi connectivity index (χ0v) is 11.2. The van der Waals surface area contributed by atoms with Gasteiger partial charge in [0.25, 0.3) is 0 Å². The molecule has 0 aliphatic heterocycles. The van der Waals surface area contributed by atoms with Gasteiger partial charge in [-0.25, -0.2) is 17.9 Å². The summed E-state index contributed by atoms with van der Waals surface area (Å²) in [5.74, 6) is -0.684. The SMILES string of the molecule is NS(=O)(=O)c1cn(CCOC(F)(F)F)c2ccc(F)cc12. The predicted octanol–water partition coefficient (Wildman–Crippen LogP) is 1.96. The van der Waals surface area contributed by atoms with Crippen LogP contribution in [0, 0.1) is 5.82 Å². The molecule has 2 aromatic rings. The van der Waals surface area contributed by atoms with Crippen molar-refractivity contribution in [1.82, 2.24) is 4.57 Å². The summed E-state index contributed by atoms with van der Waals surface area (Å²) in [4.78, 5) is -0.357. The van der Waals surface area contributed by atoms with Gasteiger partial charge in [-0.05, 0) is 18.2 Å². The van der Waals surface area contributed by atoms with Crippen LogP contribution in [0.25, 0.3) is 10.9 Å². The standard InChI is InChI=1S/C11H10F4N2O3S/c12-7-1-2-9-8(5-7)10(21(16,18)19)6-17(9)3-4-20-11(13,14)15/h1-2,5-6H,3-4H2,(H2,16,18,19). The van der Waals surface area contributed by atoms with Crippen LogP contribution in [0.1, 0.15) is 0 Å². The number of sulfonamides is 1. The van der Waals surface area contributed by atoms with Gasteiger partial charge >= 0.3 is 6.36 Å². The molecule has 0 fully saturated rings. The van der Waals surface area contributed by atoms with E-state index in [-0.39, 0.29) is 22.3 Å². The third-order valence-electron chi connectivity index (χ3n) is 2.71. The lowest BCUT2D eigenvalue weighted by molar-refractivity contribution is -0.325. The number of alkyl halides is 3. The van der Waals surface area contributed by atoms with Gasteiger partial charge in [-0.15, -0.1) is 13.2 Å². The minimum absolute atomic E-state index is 0.00417. The Morgan fingerprint density at radius 1 is 1.29 bits per heavy atom. The first-order valence-corrected chi connectivity index (χ1v) is 7.14. The molecule has 0 saturated carbocycles. The van der Waals surface area contributed by atoms with E-state index in [1.807, 2.05) is 0 Å². The lowest BCUT2D eigenvalue weighted by atomic mass is 10.2. The predicted molar refractivity (Wildman–Crippen MR) is 65.3 cm³/mol. The molecule has 2 rings (SSSR count). The molecule has 0 bridgehead atoms. The normalized spacial score (nSPS) is 13.0. The molecule has 0 radical (unpaired) electrons. The van der Waals surface area contributed by atoms with E-state index in [9.17, 15) is 26.0 Å². The largest absolute Gasteiger partial charge is 0.522 e. The minimum atomic E-state index is -4.78. The van der Waals surface area contributed by atoms with E-state index in [2.05, 4.69) is 4.74 Å². The Hall–Kier alpha value is -1.65. The molecule has 0 atom stereocenters. The first-order chi connectivity index (χ1) is 9.58. The van der Waals surface area contributed by atoms with E-state index >= 15 is 0 Å². The molecule has 0 aliphatic rings. The number of primary sulfonamides is 1. The second-order valence-corrected chi connectivity index (χ2v) is 5.72. The number of halogens is 4. The van der Waals surface area contributed by atoms with Crippen molar-refractivity contribution >= 4 is 20.9 Å². The number of nitrogens with two attached hydrogens (primary N) is 1. The fraction of sp³-hybridized carbons (Fsp3) is 0.273. The maximum Gasteiger partial charge on any atom is 0.522 e. The second-order valence-electron chi connectivity index (χ2n) is 4.19. The first kappa shape index (κ1) is 15.7. The number of nitrogens with zero attached hydrogens (tertiary/aromatic N) is 1. The summed E-state index contributed by atoms with van der Waals surface area (Å²) >= 11 is 0. The highest BCUT2D eigenvalue weighted by Crippen LogP contribution is 2.26. The van der Waals surface area contributed by atoms with E-state index in [4.69, 9.17) is 5.14 Å². The van der Waals surface area contributed by atoms with Crippen LogP contribution in [0.2, 0.25) is 0 Å². The molecule has 1 aromatic heterocycles. The molecule has 21 heavy (non-hydrogen) atoms. The third kappa shape index (κ3) is 3.71. The number of fused-ring (bicyclic) bond motifs is 1. The van der Waals surface area contributed by atoms with Crippen LogP contribution in [0.3, 0.4) is 0 Å². The van der Waals surface area contributed by atoms with E-state index in [1.54, 1.807) is 0 Å². The minimum Gasteiger partial charge on any atom is -0.344 e. The molecule has 0 unspecified atom stereocenters. The molecular weight excluding hydrogens is 316 g/mol. The van der Waals surface area contributed by atoms with Crippen LogP contribution >= 0.6 is 0 Å². The zero-order valence-electron chi connectivity index (χ0n) is 10.4. The highest BCUT2D eigenvalue weighted by Gasteiger charge is 2.28. The summed E-state index contributed by atoms with van der Waals surface area (Å²) in [5.41, 5.74) is 0.242. The molecule has 1 heterocycles. The number of rotatable bonds is 4. The smallest absolute Gasteiger partial charge is 0.344 e. The Morgan fingerprint density at radius 2 is 1.95 bits per heavy atom. The van der Waals surface area contributed by atoms with Crippen LogP contribution in [0.5, 0.6) is 0 Å². The molecular formula is C11H10F4N2O3S. The number of ether oxygens (including phenoxy) is 1. The van der Waals surface area contributed by atoms with Gasteiger partial charge in [0.2, 0.25) is 10.0 Å². The summed E-state index contributed by atoms with van der Waals surface area (Å²) in [6.07, 6.45) is -3.73. The Labute approximate surface area is 117 Å². The van der Waals surface area contributed by atoms with Crippen molar-refractivity contribution in [3.8, 4) is 0 Å². The molecule has 0 spiro atoms. The van der Waals surface area contributed by atoms with Crippen molar-refractivity contribution in [3.05, 3.63) is 30.2 Å². The summed E-state index contributed by atoms with van der Waals surface area (Å²) in [5, 5.41) is 5.01. The highest BCUT2D eigenvalue weighted by molar-refractivity contribution is 7.89. The van der Waals surface area contributed by atoms with Gasteiger partial charge in [0, 0.05) is 23.6 Å². The van der Waals surface area contributed by atoms with Crippen LogP contribution in [0.15, 0.2) is 29.3 Å². The molecule has 0 saturated heterocycles. The van der Waals surface area contributed by atoms with E-state index in [0.29, 0.717) is 0 Å². The Kier molecular flexibility index (Phi) is 3.95. The van der Waals surface area contributed by atoms with Crippen molar-refractivity contribution < 1.29 is 30.7 Å². The summed E-state index contributed by atoms with van der Waals surface area (Å²) in [6.45, 7) is -0.980. The van der Waals surface area contributed by atoms with Crippen molar-refractivity contribution in [3.63, 3.8) is 0 Å². The van der Waals surface area contributed by atoms with Crippen LogP contribution in [-0.4, -0.2) is 26.0 Å². The summed E-state index contributed by atoms with van der Waals surface area (Å²) < 4.78 is 76.7. The van der Waals surface area contributed by atoms with Gasteiger partial charge < -0.3 is 4.57 Å². The number of hydrogen-bond acceptors (Lipinski definition) is 3. The lowest BCUT2D eigenvalue weighted by Gasteiger charge is -2.08. The van der Waals surface area contributed by atoms with Crippen LogP contribution in [-0.2, 0) is 21.3 Å². The molecule has 10 heteroatoms. The van der Waals surface area contributed by atoms with Crippen molar-refractivity contribution in [2.75, 3.05) is 6.61 Å². The quantitative estimate of drug-likeness (QED) is 0.873. The third-order valence-corrected chi connectivity index (χ3v) is 3.65. The maximum absolute atomic E-state index is 13.2. The van der Waals surface area contributed by atoms with Gasteiger partial charge in [-0.2, -0.15) is 0 Å². The van der Waals surface area contributed by atoms with Crippen molar-refractivity contribution in [2.24, 2.45) is 5.14 Å². The molecule has 5 nitrogen and oxygen atoms in total. The maximum atomic E-state index is 13.2. The Balaban J connectivity index is 2.41. The number of aromatic nitrogens is 1. The van der Waals surface area contributed by atoms with Crippen molar-refractivity contribution in [1.29, 1.82) is 0 Å². The lowest BCUT2D eigenvalue weighted by Crippen LogP contribution is -2.17. The van der Waals surface area contributed by atoms with E-state index < -0.39 is 28.8 Å². The second kappa shape index (κ2) is 5.28. The molecule has 116 valence electrons. The van der Waals surface area contributed by atoms with Crippen LogP contribution < -0.4 is 5.14 Å². The summed E-state index contributed by atoms with van der Waals surface area (Å²) in [6, 6.07) is 3.28. The van der Waals surface area contributed by atoms with E-state index in [0.717, 1.165) is 18.3 Å². The van der Waals surface area contributed by atoms with Gasteiger partial charge in [-0.1, -0.05) is 0 Å². The van der Waals surface area contributed by atoms with Gasteiger partial charge in [0.15, 0.2) is 0 Å². The van der Waals surface area contributed by atoms with Gasteiger partial charge in [-0.3, -0.25) is 4.74 Å². The fourth-order valence-corrected chi connectivity index (χ4v) is 2.65. The number of hydrogen-bond donors (Lipinski definition) is 1. The van der Waals surface area contributed by atoms with Gasteiger partial charge in [0.1, 0.15) is 10.7 Å². The van der Waals surface area contributed by atoms with Crippen molar-refractivity contribution in [2.45, 2.75) is 17.8 Å². The average molecular weight is 326 g/mol. The monoisotopic (exact) mass is 326 g/mol. The zero-order chi connectivity index (χ0) is 15.8. The van der Waals surface area contributed by atoms with Crippen LogP contribution in [0.4, 0.5) is 17.6 Å².